The van der Waals surface area contributed by atoms with Gasteiger partial charge in [-0.05, 0) is 38.7 Å². The Hall–Kier alpha value is -1.08. The highest BCUT2D eigenvalue weighted by Crippen LogP contribution is 2.15. The van der Waals surface area contributed by atoms with E-state index in [9.17, 15) is 5.11 Å². The van der Waals surface area contributed by atoms with E-state index in [1.165, 1.54) is 16.7 Å². The Morgan fingerprint density at radius 2 is 1.81 bits per heavy atom. The molecule has 1 nitrogen and oxygen atoms in total. The molecule has 0 amide bonds. The number of aliphatic hydroxyl groups is 1. The zero-order chi connectivity index (χ0) is 12.1. The normalized spacial score (nSPS) is 12.5. The molecule has 0 aliphatic rings. The maximum Gasteiger partial charge on any atom is 0.0617 e. The van der Waals surface area contributed by atoms with E-state index in [1.54, 1.807) is 0 Å². The minimum atomic E-state index is -0.298. The van der Waals surface area contributed by atoms with Gasteiger partial charge in [-0.1, -0.05) is 48.4 Å². The first-order valence-electron chi connectivity index (χ1n) is 5.93. The molecule has 1 unspecified atom stereocenters. The van der Waals surface area contributed by atoms with E-state index >= 15 is 0 Å². The van der Waals surface area contributed by atoms with Crippen molar-refractivity contribution >= 4 is 0 Å². The van der Waals surface area contributed by atoms with Crippen LogP contribution in [0.4, 0.5) is 0 Å². The molecule has 0 aliphatic heterocycles. The minimum Gasteiger partial charge on any atom is -0.392 e. The Balaban J connectivity index is 2.62. The monoisotopic (exact) mass is 218 g/mol. The molecule has 16 heavy (non-hydrogen) atoms. The molecule has 1 N–H and O–H groups in total. The predicted octanol–water partition coefficient (Wildman–Crippen LogP) is 3.56. The summed E-state index contributed by atoms with van der Waals surface area (Å²) in [6.45, 7) is 10.2. The van der Waals surface area contributed by atoms with Crippen molar-refractivity contribution < 1.29 is 5.11 Å². The summed E-state index contributed by atoms with van der Waals surface area (Å²) in [6.07, 6.45) is 2.09. The summed E-state index contributed by atoms with van der Waals surface area (Å²) < 4.78 is 0. The van der Waals surface area contributed by atoms with Gasteiger partial charge in [-0.2, -0.15) is 0 Å². The van der Waals surface area contributed by atoms with E-state index in [-0.39, 0.29) is 6.10 Å². The summed E-state index contributed by atoms with van der Waals surface area (Å²) in [6, 6.07) is 6.44. The van der Waals surface area contributed by atoms with Gasteiger partial charge in [0.2, 0.25) is 0 Å². The molecule has 0 radical (unpaired) electrons. The van der Waals surface area contributed by atoms with E-state index in [1.807, 2.05) is 0 Å². The van der Waals surface area contributed by atoms with Crippen molar-refractivity contribution in [2.45, 2.75) is 46.1 Å². The first-order valence-corrected chi connectivity index (χ1v) is 5.93. The fraction of sp³-hybridized carbons (Fsp3) is 0.467. The van der Waals surface area contributed by atoms with E-state index in [4.69, 9.17) is 0 Å². The number of aryl methyl sites for hydroxylation is 2. The summed E-state index contributed by atoms with van der Waals surface area (Å²) in [7, 11) is 0. The van der Waals surface area contributed by atoms with Gasteiger partial charge < -0.3 is 5.11 Å². The molecule has 1 rings (SSSR count). The Bertz CT molecular complexity index is 345. The molecule has 0 aromatic heterocycles. The molecule has 0 bridgehead atoms. The number of rotatable bonds is 5. The lowest BCUT2D eigenvalue weighted by Gasteiger charge is -2.12. The van der Waals surface area contributed by atoms with Crippen molar-refractivity contribution in [1.82, 2.24) is 0 Å². The second-order valence-corrected chi connectivity index (χ2v) is 4.66. The molecule has 1 heteroatoms. The lowest BCUT2D eigenvalue weighted by Crippen LogP contribution is -2.11. The Labute approximate surface area is 98.8 Å². The van der Waals surface area contributed by atoms with E-state index < -0.39 is 0 Å². The van der Waals surface area contributed by atoms with Crippen molar-refractivity contribution in [3.05, 3.63) is 47.0 Å². The van der Waals surface area contributed by atoms with Crippen LogP contribution in [-0.4, -0.2) is 11.2 Å². The van der Waals surface area contributed by atoms with Crippen molar-refractivity contribution in [1.29, 1.82) is 0 Å². The second-order valence-electron chi connectivity index (χ2n) is 4.66. The molecule has 0 saturated heterocycles. The van der Waals surface area contributed by atoms with E-state index in [0.29, 0.717) is 6.42 Å². The third kappa shape index (κ3) is 4.19. The van der Waals surface area contributed by atoms with Crippen molar-refractivity contribution in [3.8, 4) is 0 Å². The summed E-state index contributed by atoms with van der Waals surface area (Å²) >= 11 is 0. The molecular formula is C15H22O. The molecule has 1 aromatic rings. The van der Waals surface area contributed by atoms with Gasteiger partial charge in [0.1, 0.15) is 0 Å². The molecule has 1 aromatic carbocycles. The predicted molar refractivity (Wildman–Crippen MR) is 69.7 cm³/mol. The lowest BCUT2D eigenvalue weighted by atomic mass is 9.98. The Morgan fingerprint density at radius 1 is 1.25 bits per heavy atom. The molecule has 88 valence electrons. The van der Waals surface area contributed by atoms with Crippen LogP contribution in [0, 0.1) is 13.8 Å². The maximum absolute atomic E-state index is 9.93. The van der Waals surface area contributed by atoms with E-state index in [2.05, 4.69) is 45.5 Å². The largest absolute Gasteiger partial charge is 0.392 e. The van der Waals surface area contributed by atoms with Gasteiger partial charge in [0.25, 0.3) is 0 Å². The number of hydrogen-bond acceptors (Lipinski definition) is 1. The summed E-state index contributed by atoms with van der Waals surface area (Å²) in [4.78, 5) is 0. The molecule has 0 aliphatic carbocycles. The molecule has 0 fully saturated rings. The van der Waals surface area contributed by atoms with Crippen LogP contribution < -0.4 is 0 Å². The summed E-state index contributed by atoms with van der Waals surface area (Å²) in [5.74, 6) is 0. The summed E-state index contributed by atoms with van der Waals surface area (Å²) in [5.41, 5.74) is 4.86. The van der Waals surface area contributed by atoms with Crippen LogP contribution in [0.25, 0.3) is 0 Å². The first-order chi connectivity index (χ1) is 7.51. The van der Waals surface area contributed by atoms with E-state index in [0.717, 1.165) is 18.4 Å². The second kappa shape index (κ2) is 5.86. The fourth-order valence-electron chi connectivity index (χ4n) is 2.01. The topological polar surface area (TPSA) is 20.2 Å². The zero-order valence-electron chi connectivity index (χ0n) is 10.6. The molecular weight excluding hydrogens is 196 g/mol. The first kappa shape index (κ1) is 13.0. The van der Waals surface area contributed by atoms with Crippen LogP contribution in [-0.2, 0) is 6.42 Å². The van der Waals surface area contributed by atoms with Crippen molar-refractivity contribution in [3.63, 3.8) is 0 Å². The highest BCUT2D eigenvalue weighted by molar-refractivity contribution is 5.29. The van der Waals surface area contributed by atoms with Crippen LogP contribution in [0.1, 0.15) is 36.5 Å². The van der Waals surface area contributed by atoms with Gasteiger partial charge in [0, 0.05) is 0 Å². The lowest BCUT2D eigenvalue weighted by molar-refractivity contribution is 0.174. The van der Waals surface area contributed by atoms with Gasteiger partial charge in [0.15, 0.2) is 0 Å². The quantitative estimate of drug-likeness (QED) is 0.749. The van der Waals surface area contributed by atoms with Crippen LogP contribution >= 0.6 is 0 Å². The SMILES string of the molecule is C=C(CC)CC(O)Cc1cc(C)cc(C)c1. The van der Waals surface area contributed by atoms with Crippen LogP contribution in [0.15, 0.2) is 30.4 Å². The number of aliphatic hydroxyl groups excluding tert-OH is 1. The summed E-state index contributed by atoms with van der Waals surface area (Å²) in [5, 5.41) is 9.93. The highest BCUT2D eigenvalue weighted by atomic mass is 16.3. The third-order valence-corrected chi connectivity index (χ3v) is 2.78. The standard InChI is InChI=1S/C15H22O/c1-5-11(2)9-15(16)10-14-7-12(3)6-13(4)8-14/h6-8,15-16H,2,5,9-10H2,1,3-4H3. The Kier molecular flexibility index (Phi) is 4.75. The average Bonchev–Trinajstić information content (AvgIpc) is 2.15. The van der Waals surface area contributed by atoms with Crippen molar-refractivity contribution in [2.75, 3.05) is 0 Å². The van der Waals surface area contributed by atoms with Crippen molar-refractivity contribution in [2.24, 2.45) is 0 Å². The smallest absolute Gasteiger partial charge is 0.0617 e. The fourth-order valence-corrected chi connectivity index (χ4v) is 2.01. The average molecular weight is 218 g/mol. The maximum atomic E-state index is 9.93. The highest BCUT2D eigenvalue weighted by Gasteiger charge is 2.07. The van der Waals surface area contributed by atoms with Crippen LogP contribution in [0.3, 0.4) is 0 Å². The number of hydrogen-bond donors (Lipinski definition) is 1. The van der Waals surface area contributed by atoms with Crippen LogP contribution in [0.2, 0.25) is 0 Å². The molecule has 0 spiro atoms. The van der Waals surface area contributed by atoms with Gasteiger partial charge in [0.05, 0.1) is 6.10 Å². The van der Waals surface area contributed by atoms with Gasteiger partial charge in [-0.15, -0.1) is 0 Å². The van der Waals surface area contributed by atoms with Gasteiger partial charge >= 0.3 is 0 Å². The van der Waals surface area contributed by atoms with Gasteiger partial charge in [-0.3, -0.25) is 0 Å². The van der Waals surface area contributed by atoms with Crippen LogP contribution in [0.5, 0.6) is 0 Å². The minimum absolute atomic E-state index is 0.298. The molecule has 0 heterocycles. The molecule has 0 saturated carbocycles. The Morgan fingerprint density at radius 3 is 2.31 bits per heavy atom. The zero-order valence-corrected chi connectivity index (χ0v) is 10.6. The van der Waals surface area contributed by atoms with Gasteiger partial charge in [-0.25, -0.2) is 0 Å². The third-order valence-electron chi connectivity index (χ3n) is 2.78. The molecule has 1 atom stereocenters. The number of benzene rings is 1.